The van der Waals surface area contributed by atoms with Gasteiger partial charge in [0.1, 0.15) is 4.21 Å². The smallest absolute Gasteiger partial charge is 0.250 e. The Morgan fingerprint density at radius 3 is 2.54 bits per heavy atom. The molecular formula is C18H21F2N3O3S2. The Kier molecular flexibility index (Phi) is 6.43. The van der Waals surface area contributed by atoms with Crippen LogP contribution in [0.1, 0.15) is 19.8 Å². The summed E-state index contributed by atoms with van der Waals surface area (Å²) in [6, 6.07) is 5.77. The Hall–Kier alpha value is -1.88. The molecule has 1 aromatic carbocycles. The van der Waals surface area contributed by atoms with Crippen molar-refractivity contribution in [3.05, 3.63) is 47.3 Å². The van der Waals surface area contributed by atoms with Crippen molar-refractivity contribution in [2.24, 2.45) is 0 Å². The maximum atomic E-state index is 13.3. The van der Waals surface area contributed by atoms with E-state index in [0.29, 0.717) is 25.9 Å². The predicted molar refractivity (Wildman–Crippen MR) is 104 cm³/mol. The van der Waals surface area contributed by atoms with Crippen molar-refractivity contribution in [2.75, 3.05) is 18.4 Å². The number of carbonyl (C=O) groups is 1. The molecule has 1 fully saturated rings. The molecule has 1 unspecified atom stereocenters. The van der Waals surface area contributed by atoms with Gasteiger partial charge in [0, 0.05) is 30.9 Å². The standard InChI is InChI=1S/C18H21F2N3O3S2/c1-12(18(24)21-14-4-5-15(19)16(20)11-14)23-8-6-13(7-9-23)22-28(25,26)17-3-2-10-27-17/h2-5,10-13,22H,6-9H2,1H3,(H,21,24). The summed E-state index contributed by atoms with van der Waals surface area (Å²) < 4.78 is 53.9. The lowest BCUT2D eigenvalue weighted by Gasteiger charge is -2.35. The molecule has 1 atom stereocenters. The molecule has 0 saturated carbocycles. The van der Waals surface area contributed by atoms with Gasteiger partial charge in [0.15, 0.2) is 11.6 Å². The molecule has 28 heavy (non-hydrogen) atoms. The fourth-order valence-corrected chi connectivity index (χ4v) is 5.40. The number of benzene rings is 1. The summed E-state index contributed by atoms with van der Waals surface area (Å²) in [5.41, 5.74) is 0.189. The molecule has 0 bridgehead atoms. The number of carbonyl (C=O) groups excluding carboxylic acids is 1. The zero-order chi connectivity index (χ0) is 20.3. The van der Waals surface area contributed by atoms with Crippen LogP contribution < -0.4 is 10.0 Å². The summed E-state index contributed by atoms with van der Waals surface area (Å²) in [5, 5.41) is 4.29. The molecule has 0 aliphatic carbocycles. The molecule has 1 saturated heterocycles. The second-order valence-corrected chi connectivity index (χ2v) is 9.55. The second kappa shape index (κ2) is 8.64. The molecule has 1 aromatic heterocycles. The van der Waals surface area contributed by atoms with Gasteiger partial charge < -0.3 is 5.32 Å². The quantitative estimate of drug-likeness (QED) is 0.740. The van der Waals surface area contributed by atoms with E-state index in [9.17, 15) is 22.0 Å². The fourth-order valence-electron chi connectivity index (χ4n) is 3.08. The van der Waals surface area contributed by atoms with Crippen molar-refractivity contribution in [2.45, 2.75) is 36.1 Å². The number of anilines is 1. The predicted octanol–water partition coefficient (Wildman–Crippen LogP) is 2.80. The first kappa shape index (κ1) is 20.8. The van der Waals surface area contributed by atoms with Crippen molar-refractivity contribution < 1.29 is 22.0 Å². The third-order valence-electron chi connectivity index (χ3n) is 4.73. The monoisotopic (exact) mass is 429 g/mol. The number of sulfonamides is 1. The maximum Gasteiger partial charge on any atom is 0.250 e. The van der Waals surface area contributed by atoms with Gasteiger partial charge in [0.05, 0.1) is 6.04 Å². The van der Waals surface area contributed by atoms with E-state index < -0.39 is 27.7 Å². The topological polar surface area (TPSA) is 78.5 Å². The third-order valence-corrected chi connectivity index (χ3v) is 7.64. The van der Waals surface area contributed by atoms with E-state index in [1.807, 2.05) is 4.90 Å². The minimum Gasteiger partial charge on any atom is -0.325 e. The Balaban J connectivity index is 1.52. The molecule has 6 nitrogen and oxygen atoms in total. The summed E-state index contributed by atoms with van der Waals surface area (Å²) in [7, 11) is -3.51. The fraction of sp³-hybridized carbons (Fsp3) is 0.389. The molecule has 0 spiro atoms. The van der Waals surface area contributed by atoms with Crippen molar-refractivity contribution in [1.29, 1.82) is 0 Å². The van der Waals surface area contributed by atoms with Crippen LogP contribution in [0.3, 0.4) is 0 Å². The van der Waals surface area contributed by atoms with Crippen molar-refractivity contribution >= 4 is 33.0 Å². The number of piperidine rings is 1. The largest absolute Gasteiger partial charge is 0.325 e. The first-order chi connectivity index (χ1) is 13.3. The Labute approximate surface area is 166 Å². The van der Waals surface area contributed by atoms with Crippen LogP contribution in [0.15, 0.2) is 39.9 Å². The second-order valence-electron chi connectivity index (χ2n) is 6.66. The average Bonchev–Trinajstić information content (AvgIpc) is 3.20. The molecule has 10 heteroatoms. The number of amides is 1. The summed E-state index contributed by atoms with van der Waals surface area (Å²) in [6.45, 7) is 2.82. The Morgan fingerprint density at radius 1 is 1.21 bits per heavy atom. The summed E-state index contributed by atoms with van der Waals surface area (Å²) in [5.74, 6) is -2.33. The van der Waals surface area contributed by atoms with Gasteiger partial charge >= 0.3 is 0 Å². The molecule has 2 heterocycles. The van der Waals surface area contributed by atoms with Gasteiger partial charge in [-0.2, -0.15) is 0 Å². The van der Waals surface area contributed by atoms with Gasteiger partial charge in [-0.1, -0.05) is 6.07 Å². The van der Waals surface area contributed by atoms with Crippen molar-refractivity contribution in [3.63, 3.8) is 0 Å². The van der Waals surface area contributed by atoms with Gasteiger partial charge in [-0.05, 0) is 43.3 Å². The molecule has 3 rings (SSSR count). The number of nitrogens with zero attached hydrogens (tertiary/aromatic N) is 1. The van der Waals surface area contributed by atoms with Crippen LogP contribution in [0.2, 0.25) is 0 Å². The SMILES string of the molecule is CC(C(=O)Nc1ccc(F)c(F)c1)N1CCC(NS(=O)(=O)c2cccs2)CC1. The minimum absolute atomic E-state index is 0.189. The number of hydrogen-bond acceptors (Lipinski definition) is 5. The highest BCUT2D eigenvalue weighted by molar-refractivity contribution is 7.91. The average molecular weight is 430 g/mol. The molecule has 0 radical (unpaired) electrons. The van der Waals surface area contributed by atoms with Crippen LogP contribution in [0.25, 0.3) is 0 Å². The summed E-state index contributed by atoms with van der Waals surface area (Å²) >= 11 is 1.17. The van der Waals surface area contributed by atoms with Crippen LogP contribution >= 0.6 is 11.3 Å². The minimum atomic E-state index is -3.51. The van der Waals surface area contributed by atoms with Gasteiger partial charge in [0.25, 0.3) is 0 Å². The third kappa shape index (κ3) is 4.93. The zero-order valence-corrected chi connectivity index (χ0v) is 16.8. The normalized spacial score (nSPS) is 17.4. The number of likely N-dealkylation sites (tertiary alicyclic amines) is 1. The zero-order valence-electron chi connectivity index (χ0n) is 15.2. The molecule has 1 aliphatic rings. The Bertz CT molecular complexity index is 928. The van der Waals surface area contributed by atoms with Crippen LogP contribution in [-0.2, 0) is 14.8 Å². The van der Waals surface area contributed by atoms with Gasteiger partial charge in [0.2, 0.25) is 15.9 Å². The first-order valence-corrected chi connectivity index (χ1v) is 11.2. The summed E-state index contributed by atoms with van der Waals surface area (Å²) in [6.07, 6.45) is 1.15. The lowest BCUT2D eigenvalue weighted by Crippen LogP contribution is -2.50. The maximum absolute atomic E-state index is 13.3. The Morgan fingerprint density at radius 2 is 1.93 bits per heavy atom. The van der Waals surface area contributed by atoms with E-state index in [2.05, 4.69) is 10.0 Å². The lowest BCUT2D eigenvalue weighted by molar-refractivity contribution is -0.121. The van der Waals surface area contributed by atoms with Gasteiger partial charge in [-0.25, -0.2) is 21.9 Å². The van der Waals surface area contributed by atoms with Gasteiger partial charge in [-0.15, -0.1) is 11.3 Å². The lowest BCUT2D eigenvalue weighted by atomic mass is 10.0. The molecular weight excluding hydrogens is 408 g/mol. The molecule has 1 amide bonds. The van der Waals surface area contributed by atoms with Gasteiger partial charge in [-0.3, -0.25) is 9.69 Å². The van der Waals surface area contributed by atoms with Crippen LogP contribution in [-0.4, -0.2) is 44.4 Å². The molecule has 2 aromatic rings. The first-order valence-electron chi connectivity index (χ1n) is 8.82. The van der Waals surface area contributed by atoms with E-state index >= 15 is 0 Å². The van der Waals surface area contributed by atoms with E-state index in [1.165, 1.54) is 17.4 Å². The van der Waals surface area contributed by atoms with E-state index in [1.54, 1.807) is 24.4 Å². The van der Waals surface area contributed by atoms with Crippen LogP contribution in [0.4, 0.5) is 14.5 Å². The van der Waals surface area contributed by atoms with E-state index in [4.69, 9.17) is 0 Å². The van der Waals surface area contributed by atoms with Crippen LogP contribution in [0.5, 0.6) is 0 Å². The number of hydrogen-bond donors (Lipinski definition) is 2. The van der Waals surface area contributed by atoms with Crippen LogP contribution in [0, 0.1) is 11.6 Å². The van der Waals surface area contributed by atoms with E-state index in [0.717, 1.165) is 12.1 Å². The molecule has 2 N–H and O–H groups in total. The number of thiophene rings is 1. The van der Waals surface area contributed by atoms with Crippen molar-refractivity contribution in [3.8, 4) is 0 Å². The highest BCUT2D eigenvalue weighted by atomic mass is 32.2. The number of rotatable bonds is 6. The highest BCUT2D eigenvalue weighted by Crippen LogP contribution is 2.20. The molecule has 152 valence electrons. The molecule has 1 aliphatic heterocycles. The van der Waals surface area contributed by atoms with Crippen molar-refractivity contribution in [1.82, 2.24) is 9.62 Å². The highest BCUT2D eigenvalue weighted by Gasteiger charge is 2.29. The van der Waals surface area contributed by atoms with E-state index in [-0.39, 0.29) is 21.8 Å². The summed E-state index contributed by atoms with van der Waals surface area (Å²) in [4.78, 5) is 14.3. The number of halogens is 2. The number of nitrogens with one attached hydrogen (secondary N) is 2.